The van der Waals surface area contributed by atoms with Crippen LogP contribution in [0, 0.1) is 5.41 Å². The molecule has 14 heavy (non-hydrogen) atoms. The van der Waals surface area contributed by atoms with Crippen molar-refractivity contribution in [1.82, 2.24) is 0 Å². The monoisotopic (exact) mass is 202 g/mol. The number of ether oxygens (including phenoxy) is 2. The van der Waals surface area contributed by atoms with Crippen molar-refractivity contribution >= 4 is 0 Å². The summed E-state index contributed by atoms with van der Waals surface area (Å²) >= 11 is 0. The van der Waals surface area contributed by atoms with Crippen molar-refractivity contribution in [3.05, 3.63) is 0 Å². The average molecular weight is 202 g/mol. The summed E-state index contributed by atoms with van der Waals surface area (Å²) in [4.78, 5) is 0. The summed E-state index contributed by atoms with van der Waals surface area (Å²) in [5.74, 6) is 0. The molecule has 3 nitrogen and oxygen atoms in total. The maximum Gasteiger partial charge on any atom is 0.0838 e. The number of aliphatic hydroxyl groups is 1. The van der Waals surface area contributed by atoms with Crippen LogP contribution in [-0.2, 0) is 9.47 Å². The Bertz CT molecular complexity index is 168. The van der Waals surface area contributed by atoms with Crippen LogP contribution in [0.25, 0.3) is 0 Å². The number of rotatable bonds is 4. The number of hydrogen-bond acceptors (Lipinski definition) is 3. The van der Waals surface area contributed by atoms with Crippen molar-refractivity contribution in [2.45, 2.75) is 45.3 Å². The fraction of sp³-hybridized carbons (Fsp3) is 1.00. The molecule has 1 aliphatic rings. The summed E-state index contributed by atoms with van der Waals surface area (Å²) in [6.45, 7) is 5.05. The van der Waals surface area contributed by atoms with Gasteiger partial charge in [0.2, 0.25) is 0 Å². The topological polar surface area (TPSA) is 38.7 Å². The van der Waals surface area contributed by atoms with Crippen molar-refractivity contribution in [2.75, 3.05) is 20.3 Å². The van der Waals surface area contributed by atoms with E-state index in [4.69, 9.17) is 14.6 Å². The molecule has 0 bridgehead atoms. The van der Waals surface area contributed by atoms with Crippen LogP contribution < -0.4 is 0 Å². The van der Waals surface area contributed by atoms with Crippen LogP contribution in [0.3, 0.4) is 0 Å². The van der Waals surface area contributed by atoms with E-state index in [0.717, 1.165) is 12.8 Å². The number of aliphatic hydroxyl groups excluding tert-OH is 1. The fourth-order valence-corrected chi connectivity index (χ4v) is 2.13. The molecule has 0 aromatic heterocycles. The Morgan fingerprint density at radius 3 is 2.64 bits per heavy atom. The lowest BCUT2D eigenvalue weighted by atomic mass is 9.75. The van der Waals surface area contributed by atoms with Crippen LogP contribution in [0.2, 0.25) is 0 Å². The van der Waals surface area contributed by atoms with E-state index >= 15 is 0 Å². The minimum Gasteiger partial charge on any atom is -0.394 e. The van der Waals surface area contributed by atoms with Gasteiger partial charge in [-0.1, -0.05) is 13.8 Å². The van der Waals surface area contributed by atoms with E-state index in [1.165, 1.54) is 6.42 Å². The quantitative estimate of drug-likeness (QED) is 0.752. The minimum atomic E-state index is 0.0936. The van der Waals surface area contributed by atoms with Gasteiger partial charge in [-0.2, -0.15) is 0 Å². The van der Waals surface area contributed by atoms with Crippen LogP contribution >= 0.6 is 0 Å². The molecule has 0 aromatic carbocycles. The van der Waals surface area contributed by atoms with Gasteiger partial charge in [0.15, 0.2) is 0 Å². The molecule has 3 heteroatoms. The zero-order valence-corrected chi connectivity index (χ0v) is 9.45. The van der Waals surface area contributed by atoms with E-state index in [1.54, 1.807) is 7.11 Å². The van der Waals surface area contributed by atoms with Gasteiger partial charge >= 0.3 is 0 Å². The lowest BCUT2D eigenvalue weighted by molar-refractivity contribution is -0.105. The van der Waals surface area contributed by atoms with Crippen molar-refractivity contribution in [3.8, 4) is 0 Å². The van der Waals surface area contributed by atoms with Crippen LogP contribution in [0.15, 0.2) is 0 Å². The smallest absolute Gasteiger partial charge is 0.0838 e. The maximum atomic E-state index is 8.69. The third kappa shape index (κ3) is 3.23. The molecule has 1 rings (SSSR count). The average Bonchev–Trinajstić information content (AvgIpc) is 2.15. The molecule has 0 saturated heterocycles. The summed E-state index contributed by atoms with van der Waals surface area (Å²) in [6.07, 6.45) is 3.60. The lowest BCUT2D eigenvalue weighted by Gasteiger charge is -2.39. The maximum absolute atomic E-state index is 8.69. The standard InChI is InChI=1S/C11H22O3/c1-11(2)5-4-9(14-7-6-12)10(8-11)13-3/h9-10,12H,4-8H2,1-3H3. The molecule has 0 spiro atoms. The molecular formula is C11H22O3. The van der Waals surface area contributed by atoms with Crippen molar-refractivity contribution < 1.29 is 14.6 Å². The summed E-state index contributed by atoms with van der Waals surface area (Å²) in [7, 11) is 1.74. The first-order chi connectivity index (χ1) is 6.59. The van der Waals surface area contributed by atoms with Gasteiger partial charge in [0.25, 0.3) is 0 Å². The Morgan fingerprint density at radius 1 is 1.36 bits per heavy atom. The third-order valence-electron chi connectivity index (χ3n) is 3.00. The SMILES string of the molecule is COC1CC(C)(C)CCC1OCCO. The summed E-state index contributed by atoms with van der Waals surface area (Å²) in [5.41, 5.74) is 0.361. The van der Waals surface area contributed by atoms with Gasteiger partial charge in [-0.3, -0.25) is 0 Å². The molecule has 2 unspecified atom stereocenters. The van der Waals surface area contributed by atoms with Crippen LogP contribution in [-0.4, -0.2) is 37.6 Å². The van der Waals surface area contributed by atoms with Gasteiger partial charge in [0.1, 0.15) is 0 Å². The Hall–Kier alpha value is -0.120. The highest BCUT2D eigenvalue weighted by Gasteiger charge is 2.35. The molecule has 84 valence electrons. The molecule has 1 aliphatic carbocycles. The number of methoxy groups -OCH3 is 1. The van der Waals surface area contributed by atoms with Gasteiger partial charge in [-0.15, -0.1) is 0 Å². The van der Waals surface area contributed by atoms with E-state index in [2.05, 4.69) is 13.8 Å². The van der Waals surface area contributed by atoms with Gasteiger partial charge in [-0.25, -0.2) is 0 Å². The van der Waals surface area contributed by atoms with E-state index in [9.17, 15) is 0 Å². The predicted molar refractivity (Wildman–Crippen MR) is 55.3 cm³/mol. The molecule has 0 heterocycles. The molecule has 1 N–H and O–H groups in total. The van der Waals surface area contributed by atoms with Crippen molar-refractivity contribution in [3.63, 3.8) is 0 Å². The molecule has 1 saturated carbocycles. The lowest BCUT2D eigenvalue weighted by Crippen LogP contribution is -2.40. The van der Waals surface area contributed by atoms with Gasteiger partial charge < -0.3 is 14.6 Å². The number of hydrogen-bond donors (Lipinski definition) is 1. The van der Waals surface area contributed by atoms with Crippen LogP contribution in [0.1, 0.15) is 33.1 Å². The van der Waals surface area contributed by atoms with E-state index in [1.807, 2.05) is 0 Å². The summed E-state index contributed by atoms with van der Waals surface area (Å²) in [5, 5.41) is 8.69. The zero-order chi connectivity index (χ0) is 10.6. The predicted octanol–water partition coefficient (Wildman–Crippen LogP) is 1.59. The fourth-order valence-electron chi connectivity index (χ4n) is 2.13. The minimum absolute atomic E-state index is 0.0936. The Balaban J connectivity index is 2.44. The van der Waals surface area contributed by atoms with E-state index in [0.29, 0.717) is 12.0 Å². The van der Waals surface area contributed by atoms with Crippen LogP contribution in [0.4, 0.5) is 0 Å². The van der Waals surface area contributed by atoms with Crippen molar-refractivity contribution in [2.24, 2.45) is 5.41 Å². The van der Waals surface area contributed by atoms with Gasteiger partial charge in [-0.05, 0) is 24.7 Å². The van der Waals surface area contributed by atoms with Gasteiger partial charge in [0.05, 0.1) is 25.4 Å². The molecule has 0 radical (unpaired) electrons. The molecule has 2 atom stereocenters. The highest BCUT2D eigenvalue weighted by molar-refractivity contribution is 4.86. The van der Waals surface area contributed by atoms with Crippen molar-refractivity contribution in [1.29, 1.82) is 0 Å². The molecule has 1 fully saturated rings. The molecular weight excluding hydrogens is 180 g/mol. The van der Waals surface area contributed by atoms with Gasteiger partial charge in [0, 0.05) is 7.11 Å². The second kappa shape index (κ2) is 5.10. The normalized spacial score (nSPS) is 31.7. The molecule has 0 aliphatic heterocycles. The van der Waals surface area contributed by atoms with E-state index in [-0.39, 0.29) is 18.8 Å². The molecule has 0 aromatic rings. The Kier molecular flexibility index (Phi) is 4.35. The van der Waals surface area contributed by atoms with Crippen LogP contribution in [0.5, 0.6) is 0 Å². The highest BCUT2D eigenvalue weighted by atomic mass is 16.5. The Labute approximate surface area is 86.4 Å². The zero-order valence-electron chi connectivity index (χ0n) is 9.45. The first kappa shape index (κ1) is 12.0. The second-order valence-corrected chi connectivity index (χ2v) is 4.81. The summed E-state index contributed by atoms with van der Waals surface area (Å²) < 4.78 is 11.0. The second-order valence-electron chi connectivity index (χ2n) is 4.81. The third-order valence-corrected chi connectivity index (χ3v) is 3.00. The Morgan fingerprint density at radius 2 is 2.07 bits per heavy atom. The van der Waals surface area contributed by atoms with E-state index < -0.39 is 0 Å². The molecule has 0 amide bonds. The first-order valence-corrected chi connectivity index (χ1v) is 5.34. The summed E-state index contributed by atoms with van der Waals surface area (Å²) in [6, 6.07) is 0. The highest BCUT2D eigenvalue weighted by Crippen LogP contribution is 2.37. The first-order valence-electron chi connectivity index (χ1n) is 5.34. The largest absolute Gasteiger partial charge is 0.394 e.